The first-order valence-electron chi connectivity index (χ1n) is 4.72. The SMILES string of the molecule is CC(c1nc2ccc(Cl)cc2[nH]1)S(C)(=O)=O. The number of halogens is 1. The summed E-state index contributed by atoms with van der Waals surface area (Å²) in [6.45, 7) is 1.61. The van der Waals surface area contributed by atoms with Crippen LogP contribution in [0.4, 0.5) is 0 Å². The second-order valence-corrected chi connectivity index (χ2v) is 6.56. The maximum atomic E-state index is 11.4. The molecule has 2 rings (SSSR count). The minimum absolute atomic E-state index is 0.444. The molecule has 6 heteroatoms. The summed E-state index contributed by atoms with van der Waals surface area (Å²) in [5, 5.41) is -0.0478. The Hall–Kier alpha value is -1.07. The van der Waals surface area contributed by atoms with Gasteiger partial charge in [0.25, 0.3) is 0 Å². The van der Waals surface area contributed by atoms with E-state index in [-0.39, 0.29) is 0 Å². The summed E-state index contributed by atoms with van der Waals surface area (Å²) in [5.74, 6) is 0.444. The van der Waals surface area contributed by atoms with Crippen molar-refractivity contribution in [2.75, 3.05) is 6.26 Å². The number of rotatable bonds is 2. The van der Waals surface area contributed by atoms with Crippen molar-refractivity contribution in [1.82, 2.24) is 9.97 Å². The molecule has 0 aliphatic heterocycles. The summed E-state index contributed by atoms with van der Waals surface area (Å²) >= 11 is 5.83. The highest BCUT2D eigenvalue weighted by molar-refractivity contribution is 7.90. The Labute approximate surface area is 98.6 Å². The summed E-state index contributed by atoms with van der Waals surface area (Å²) in [4.78, 5) is 7.19. The van der Waals surface area contributed by atoms with Crippen molar-refractivity contribution >= 4 is 32.5 Å². The Morgan fingerprint density at radius 1 is 1.44 bits per heavy atom. The van der Waals surface area contributed by atoms with Crippen LogP contribution in [0.3, 0.4) is 0 Å². The highest BCUT2D eigenvalue weighted by atomic mass is 35.5. The van der Waals surface area contributed by atoms with Crippen molar-refractivity contribution in [3.8, 4) is 0 Å². The van der Waals surface area contributed by atoms with Crippen molar-refractivity contribution in [2.24, 2.45) is 0 Å². The molecule has 4 nitrogen and oxygen atoms in total. The average Bonchev–Trinajstić information content (AvgIpc) is 2.57. The van der Waals surface area contributed by atoms with E-state index in [1.807, 2.05) is 0 Å². The number of aromatic amines is 1. The Morgan fingerprint density at radius 3 is 2.75 bits per heavy atom. The fraction of sp³-hybridized carbons (Fsp3) is 0.300. The third-order valence-electron chi connectivity index (χ3n) is 2.49. The number of nitrogens with zero attached hydrogens (tertiary/aromatic N) is 1. The summed E-state index contributed by atoms with van der Waals surface area (Å²) in [6, 6.07) is 5.20. The van der Waals surface area contributed by atoms with Gasteiger partial charge in [0.05, 0.1) is 11.0 Å². The molecule has 1 aromatic carbocycles. The standard InChI is InChI=1S/C10H11ClN2O2S/c1-6(16(2,14)15)10-12-8-4-3-7(11)5-9(8)13-10/h3-6H,1-2H3,(H,12,13). The van der Waals surface area contributed by atoms with E-state index < -0.39 is 15.1 Å². The van der Waals surface area contributed by atoms with Crippen LogP contribution in [0.15, 0.2) is 18.2 Å². The zero-order valence-corrected chi connectivity index (χ0v) is 10.4. The first-order chi connectivity index (χ1) is 7.38. The Balaban J connectivity index is 2.56. The molecule has 86 valence electrons. The van der Waals surface area contributed by atoms with Gasteiger partial charge in [-0.3, -0.25) is 0 Å². The molecule has 1 N–H and O–H groups in total. The highest BCUT2D eigenvalue weighted by Crippen LogP contribution is 2.23. The molecule has 0 radical (unpaired) electrons. The molecule has 0 aliphatic rings. The first kappa shape index (κ1) is 11.4. The van der Waals surface area contributed by atoms with Gasteiger partial charge in [0.2, 0.25) is 0 Å². The molecule has 1 aromatic heterocycles. The number of imidazole rings is 1. The van der Waals surface area contributed by atoms with Gasteiger partial charge in [0.1, 0.15) is 11.1 Å². The number of hydrogen-bond acceptors (Lipinski definition) is 3. The van der Waals surface area contributed by atoms with Gasteiger partial charge < -0.3 is 4.98 Å². The van der Waals surface area contributed by atoms with Crippen LogP contribution in [0.25, 0.3) is 11.0 Å². The van der Waals surface area contributed by atoms with Crippen LogP contribution in [0.2, 0.25) is 5.02 Å². The van der Waals surface area contributed by atoms with Gasteiger partial charge >= 0.3 is 0 Å². The van der Waals surface area contributed by atoms with Gasteiger partial charge in [-0.05, 0) is 25.1 Å². The lowest BCUT2D eigenvalue weighted by Gasteiger charge is -2.04. The molecule has 0 fully saturated rings. The molecule has 16 heavy (non-hydrogen) atoms. The van der Waals surface area contributed by atoms with Crippen LogP contribution in [0.5, 0.6) is 0 Å². The normalized spacial score (nSPS) is 14.2. The predicted molar refractivity (Wildman–Crippen MR) is 64.4 cm³/mol. The van der Waals surface area contributed by atoms with Crippen LogP contribution < -0.4 is 0 Å². The van der Waals surface area contributed by atoms with Gasteiger partial charge in [-0.15, -0.1) is 0 Å². The number of hydrogen-bond donors (Lipinski definition) is 1. The van der Waals surface area contributed by atoms with Crippen LogP contribution in [0, 0.1) is 0 Å². The molecule has 0 spiro atoms. The van der Waals surface area contributed by atoms with Crippen molar-refractivity contribution in [3.05, 3.63) is 29.0 Å². The monoisotopic (exact) mass is 258 g/mol. The number of fused-ring (bicyclic) bond motifs is 1. The largest absolute Gasteiger partial charge is 0.341 e. The number of aromatic nitrogens is 2. The second-order valence-electron chi connectivity index (χ2n) is 3.76. The summed E-state index contributed by atoms with van der Waals surface area (Å²) < 4.78 is 22.8. The Kier molecular flexibility index (Phi) is 2.67. The molecule has 1 unspecified atom stereocenters. The lowest BCUT2D eigenvalue weighted by atomic mass is 10.3. The minimum Gasteiger partial charge on any atom is -0.341 e. The molecule has 1 heterocycles. The van der Waals surface area contributed by atoms with Crippen LogP contribution >= 0.6 is 11.6 Å². The zero-order chi connectivity index (χ0) is 11.9. The van der Waals surface area contributed by atoms with Crippen LogP contribution in [-0.2, 0) is 9.84 Å². The minimum atomic E-state index is -3.14. The third-order valence-corrected chi connectivity index (χ3v) is 4.23. The Bertz CT molecular complexity index is 633. The summed E-state index contributed by atoms with van der Waals surface area (Å²) in [6.07, 6.45) is 1.19. The number of nitrogens with one attached hydrogen (secondary N) is 1. The Morgan fingerprint density at radius 2 is 2.12 bits per heavy atom. The van der Waals surface area contributed by atoms with Crippen LogP contribution in [-0.4, -0.2) is 24.6 Å². The topological polar surface area (TPSA) is 62.8 Å². The number of benzene rings is 1. The second kappa shape index (κ2) is 3.75. The molecule has 1 atom stereocenters. The lowest BCUT2D eigenvalue weighted by molar-refractivity contribution is 0.590. The van der Waals surface area contributed by atoms with E-state index in [2.05, 4.69) is 9.97 Å². The van der Waals surface area contributed by atoms with E-state index in [1.54, 1.807) is 25.1 Å². The third kappa shape index (κ3) is 2.05. The molecule has 0 amide bonds. The molecule has 0 aliphatic carbocycles. The fourth-order valence-electron chi connectivity index (χ4n) is 1.40. The zero-order valence-electron chi connectivity index (χ0n) is 8.86. The highest BCUT2D eigenvalue weighted by Gasteiger charge is 2.20. The van der Waals surface area contributed by atoms with E-state index in [4.69, 9.17) is 11.6 Å². The molecular weight excluding hydrogens is 248 g/mol. The van der Waals surface area contributed by atoms with E-state index in [9.17, 15) is 8.42 Å². The maximum Gasteiger partial charge on any atom is 0.157 e. The van der Waals surface area contributed by atoms with Crippen molar-refractivity contribution < 1.29 is 8.42 Å². The van der Waals surface area contributed by atoms with E-state index in [0.717, 1.165) is 11.0 Å². The summed E-state index contributed by atoms with van der Waals surface area (Å²) in [5.41, 5.74) is 1.47. The molecule has 0 saturated carbocycles. The van der Waals surface area contributed by atoms with Gasteiger partial charge in [-0.25, -0.2) is 13.4 Å². The number of sulfone groups is 1. The number of H-pyrrole nitrogens is 1. The van der Waals surface area contributed by atoms with Crippen molar-refractivity contribution in [1.29, 1.82) is 0 Å². The van der Waals surface area contributed by atoms with E-state index >= 15 is 0 Å². The lowest BCUT2D eigenvalue weighted by Crippen LogP contribution is -2.09. The van der Waals surface area contributed by atoms with Gasteiger partial charge in [-0.2, -0.15) is 0 Å². The van der Waals surface area contributed by atoms with Crippen molar-refractivity contribution in [3.63, 3.8) is 0 Å². The maximum absolute atomic E-state index is 11.4. The van der Waals surface area contributed by atoms with Gasteiger partial charge in [0, 0.05) is 11.3 Å². The smallest absolute Gasteiger partial charge is 0.157 e. The van der Waals surface area contributed by atoms with Crippen molar-refractivity contribution in [2.45, 2.75) is 12.2 Å². The van der Waals surface area contributed by atoms with Gasteiger partial charge in [-0.1, -0.05) is 11.6 Å². The average molecular weight is 259 g/mol. The molecule has 0 bridgehead atoms. The quantitative estimate of drug-likeness (QED) is 0.899. The molecule has 0 saturated heterocycles. The predicted octanol–water partition coefficient (Wildman–Crippen LogP) is 2.32. The van der Waals surface area contributed by atoms with E-state index in [1.165, 1.54) is 6.26 Å². The fourth-order valence-corrected chi connectivity index (χ4v) is 2.09. The van der Waals surface area contributed by atoms with E-state index in [0.29, 0.717) is 10.8 Å². The van der Waals surface area contributed by atoms with Gasteiger partial charge in [0.15, 0.2) is 9.84 Å². The first-order valence-corrected chi connectivity index (χ1v) is 7.05. The molecular formula is C10H11ClN2O2S. The summed E-state index contributed by atoms with van der Waals surface area (Å²) in [7, 11) is -3.14. The molecule has 2 aromatic rings. The van der Waals surface area contributed by atoms with Crippen LogP contribution in [0.1, 0.15) is 18.0 Å².